The number of nitrogens with zero attached hydrogens (tertiary/aromatic N) is 2. The fourth-order valence-electron chi connectivity index (χ4n) is 2.57. The zero-order valence-electron chi connectivity index (χ0n) is 19.4. The molecule has 1 heterocycles. The first-order chi connectivity index (χ1) is 15.1. The summed E-state index contributed by atoms with van der Waals surface area (Å²) < 4.78 is 4.15. The molecule has 0 unspecified atom stereocenters. The second-order valence-corrected chi connectivity index (χ2v) is 5.75. The molecule has 1 aliphatic rings. The van der Waals surface area contributed by atoms with E-state index in [9.17, 15) is 14.4 Å². The van der Waals surface area contributed by atoms with Gasteiger partial charge in [-0.2, -0.15) is 0 Å². The van der Waals surface area contributed by atoms with Crippen molar-refractivity contribution in [3.05, 3.63) is 66.2 Å². The van der Waals surface area contributed by atoms with E-state index in [1.54, 1.807) is 17.0 Å². The van der Waals surface area contributed by atoms with Gasteiger partial charge in [0.2, 0.25) is 5.91 Å². The van der Waals surface area contributed by atoms with E-state index < -0.39 is 6.09 Å². The van der Waals surface area contributed by atoms with Crippen molar-refractivity contribution in [1.82, 2.24) is 10.2 Å². The van der Waals surface area contributed by atoms with Gasteiger partial charge in [0.1, 0.15) is 0 Å². The van der Waals surface area contributed by atoms with Crippen molar-refractivity contribution >= 4 is 23.7 Å². The minimum absolute atomic E-state index is 0. The maximum atomic E-state index is 12.6. The number of nitrogens with one attached hydrogen (secondary N) is 1. The Hall–Kier alpha value is -3.35. The minimum atomic E-state index is -0.407. The van der Waals surface area contributed by atoms with E-state index in [-0.39, 0.29) is 19.4 Å². The van der Waals surface area contributed by atoms with Crippen LogP contribution in [-0.4, -0.2) is 43.6 Å². The predicted octanol–water partition coefficient (Wildman–Crippen LogP) is 5.71. The zero-order chi connectivity index (χ0) is 23.6. The lowest BCUT2D eigenvalue weighted by Crippen LogP contribution is -2.52. The van der Waals surface area contributed by atoms with Crippen LogP contribution in [0.3, 0.4) is 0 Å². The molecule has 32 heavy (non-hydrogen) atoms. The largest absolute Gasteiger partial charge is 0.453 e. The van der Waals surface area contributed by atoms with Crippen LogP contribution in [0.2, 0.25) is 0 Å². The van der Waals surface area contributed by atoms with Gasteiger partial charge in [-0.3, -0.25) is 4.79 Å². The first-order valence-electron chi connectivity index (χ1n) is 10.5. The first-order valence-corrected chi connectivity index (χ1v) is 10.5. The van der Waals surface area contributed by atoms with Gasteiger partial charge in [0.15, 0.2) is 0 Å². The van der Waals surface area contributed by atoms with Crippen LogP contribution in [0.15, 0.2) is 60.7 Å². The number of hydrogen-bond acceptors (Lipinski definition) is 4. The molecule has 1 saturated heterocycles. The summed E-state index contributed by atoms with van der Waals surface area (Å²) in [7, 11) is 2.82. The van der Waals surface area contributed by atoms with Gasteiger partial charge in [0.25, 0.3) is 0 Å². The molecule has 7 heteroatoms. The van der Waals surface area contributed by atoms with Crippen molar-refractivity contribution in [2.75, 3.05) is 25.6 Å². The Kier molecular flexibility index (Phi) is 17.8. The highest BCUT2D eigenvalue weighted by Gasteiger charge is 2.32. The molecule has 0 aliphatic carbocycles. The third-order valence-electron chi connectivity index (χ3n) is 3.93. The number of carbonyl (C=O) groups excluding carboxylic acids is 3. The normalized spacial score (nSPS) is 11.8. The maximum absolute atomic E-state index is 12.6. The molecule has 0 atom stereocenters. The molecule has 0 saturated carbocycles. The van der Waals surface area contributed by atoms with Gasteiger partial charge in [0, 0.05) is 26.6 Å². The second kappa shape index (κ2) is 18.4. The number of benzene rings is 2. The number of hydrogen-bond donors (Lipinski definition) is 1. The fraction of sp³-hybridized carbons (Fsp3) is 0.400. The van der Waals surface area contributed by atoms with Crippen LogP contribution < -0.4 is 10.2 Å². The average molecular weight is 446 g/mol. The Morgan fingerprint density at radius 1 is 0.938 bits per heavy atom. The highest BCUT2D eigenvalue weighted by Crippen LogP contribution is 2.21. The molecule has 178 valence electrons. The molecule has 7 nitrogen and oxygen atoms in total. The van der Waals surface area contributed by atoms with Crippen LogP contribution in [0.25, 0.3) is 0 Å². The molecular weight excluding hydrogens is 406 g/mol. The van der Waals surface area contributed by atoms with Crippen LogP contribution in [0.1, 0.15) is 47.1 Å². The molecule has 1 N–H and O–H groups in total. The van der Waals surface area contributed by atoms with Gasteiger partial charge in [-0.1, -0.05) is 83.7 Å². The quantitative estimate of drug-likeness (QED) is 0.657. The van der Waals surface area contributed by atoms with E-state index in [1.165, 1.54) is 19.1 Å². The van der Waals surface area contributed by atoms with Crippen molar-refractivity contribution in [1.29, 1.82) is 0 Å². The van der Waals surface area contributed by atoms with Crippen LogP contribution in [0.4, 0.5) is 15.3 Å². The molecule has 0 aromatic heterocycles. The van der Waals surface area contributed by atoms with Crippen LogP contribution in [-0.2, 0) is 16.1 Å². The van der Waals surface area contributed by atoms with Crippen LogP contribution in [0, 0.1) is 0 Å². The number of rotatable bonds is 3. The molecule has 1 fully saturated rings. The average Bonchev–Trinajstić information content (AvgIpc) is 2.85. The van der Waals surface area contributed by atoms with Crippen LogP contribution in [0.5, 0.6) is 0 Å². The summed E-state index contributed by atoms with van der Waals surface area (Å²) in [6.07, 6.45) is -0.0528. The standard InChI is InChI=1S/C17H16N2O2.C3H7NO2.2C2H6.CH4/c20-16-11-12-18(13-14-7-3-1-4-8-14)17(21)19(16)15-9-5-2-6-10-15;1-4-3(5)6-2;2*1-2;/h1-10H,11-13H2;1-2H3,(H,4,5);2*1-2H3;1H4. The van der Waals surface area contributed by atoms with Gasteiger partial charge in [-0.05, 0) is 17.7 Å². The predicted molar refractivity (Wildman–Crippen MR) is 132 cm³/mol. The number of ether oxygens (including phenoxy) is 1. The smallest absolute Gasteiger partial charge is 0.406 e. The number of para-hydroxylation sites is 1. The monoisotopic (exact) mass is 445 g/mol. The number of alkyl carbamates (subject to hydrolysis) is 1. The summed E-state index contributed by atoms with van der Waals surface area (Å²) in [6.45, 7) is 8.99. The molecule has 0 radical (unpaired) electrons. The SMILES string of the molecule is C.CC.CC.CNC(=O)OC.O=C1CCN(Cc2ccccc2)C(=O)N1c1ccccc1. The van der Waals surface area contributed by atoms with E-state index >= 15 is 0 Å². The minimum Gasteiger partial charge on any atom is -0.453 e. The molecular formula is C25H39N3O4. The van der Waals surface area contributed by atoms with Gasteiger partial charge in [-0.15, -0.1) is 0 Å². The van der Waals surface area contributed by atoms with E-state index in [4.69, 9.17) is 0 Å². The molecule has 4 amide bonds. The summed E-state index contributed by atoms with van der Waals surface area (Å²) in [5, 5.41) is 2.25. The van der Waals surface area contributed by atoms with Crippen molar-refractivity contribution in [2.24, 2.45) is 0 Å². The van der Waals surface area contributed by atoms with Gasteiger partial charge >= 0.3 is 12.1 Å². The summed E-state index contributed by atoms with van der Waals surface area (Å²) >= 11 is 0. The first kappa shape index (κ1) is 30.8. The van der Waals surface area contributed by atoms with E-state index in [0.717, 1.165) is 5.56 Å². The topological polar surface area (TPSA) is 79.0 Å². The molecule has 2 aromatic carbocycles. The third kappa shape index (κ3) is 10.1. The Bertz CT molecular complexity index is 761. The van der Waals surface area contributed by atoms with E-state index in [2.05, 4.69) is 10.1 Å². The van der Waals surface area contributed by atoms with Gasteiger partial charge < -0.3 is 15.0 Å². The molecule has 0 bridgehead atoms. The highest BCUT2D eigenvalue weighted by atomic mass is 16.5. The number of anilines is 1. The van der Waals surface area contributed by atoms with Crippen LogP contribution >= 0.6 is 0 Å². The molecule has 1 aliphatic heterocycles. The Morgan fingerprint density at radius 3 is 1.88 bits per heavy atom. The Balaban J connectivity index is 0. The lowest BCUT2D eigenvalue weighted by molar-refractivity contribution is -0.119. The van der Waals surface area contributed by atoms with Crippen molar-refractivity contribution in [3.63, 3.8) is 0 Å². The van der Waals surface area contributed by atoms with Crippen molar-refractivity contribution in [3.8, 4) is 0 Å². The van der Waals surface area contributed by atoms with Gasteiger partial charge in [0.05, 0.1) is 12.8 Å². The number of imide groups is 1. The molecule has 0 spiro atoms. The summed E-state index contributed by atoms with van der Waals surface area (Å²) in [5.41, 5.74) is 1.69. The lowest BCUT2D eigenvalue weighted by atomic mass is 10.1. The molecule has 3 rings (SSSR count). The Morgan fingerprint density at radius 2 is 1.44 bits per heavy atom. The highest BCUT2D eigenvalue weighted by molar-refractivity contribution is 6.15. The Labute approximate surface area is 193 Å². The number of urea groups is 1. The molecule has 2 aromatic rings. The van der Waals surface area contributed by atoms with Crippen molar-refractivity contribution < 1.29 is 19.1 Å². The van der Waals surface area contributed by atoms with Crippen molar-refractivity contribution in [2.45, 2.75) is 48.1 Å². The summed E-state index contributed by atoms with van der Waals surface area (Å²) in [4.78, 5) is 37.5. The summed E-state index contributed by atoms with van der Waals surface area (Å²) in [5.74, 6) is -0.143. The number of carbonyl (C=O) groups is 3. The third-order valence-corrected chi connectivity index (χ3v) is 3.93. The number of amides is 4. The second-order valence-electron chi connectivity index (χ2n) is 5.75. The summed E-state index contributed by atoms with van der Waals surface area (Å²) in [6, 6.07) is 18.6. The fourth-order valence-corrected chi connectivity index (χ4v) is 2.57. The van der Waals surface area contributed by atoms with E-state index in [1.807, 2.05) is 76.2 Å². The van der Waals surface area contributed by atoms with E-state index in [0.29, 0.717) is 25.2 Å². The number of methoxy groups -OCH3 is 1. The van der Waals surface area contributed by atoms with Gasteiger partial charge in [-0.25, -0.2) is 14.5 Å². The maximum Gasteiger partial charge on any atom is 0.406 e. The zero-order valence-corrected chi connectivity index (χ0v) is 19.4. The lowest BCUT2D eigenvalue weighted by Gasteiger charge is -2.34.